The van der Waals surface area contributed by atoms with Gasteiger partial charge in [0.15, 0.2) is 0 Å². The quantitative estimate of drug-likeness (QED) is 0.466. The fraction of sp³-hybridized carbons (Fsp3) is 0.286. The Labute approximate surface area is 179 Å². The number of ether oxygens (including phenoxy) is 1. The Hall–Kier alpha value is -3.37. The van der Waals surface area contributed by atoms with E-state index in [1.807, 2.05) is 75.4 Å². The topological polar surface area (TPSA) is 72.5 Å². The van der Waals surface area contributed by atoms with Gasteiger partial charge in [0.1, 0.15) is 11.5 Å². The average Bonchev–Trinajstić information content (AvgIpc) is 2.67. The van der Waals surface area contributed by atoms with Crippen LogP contribution in [0.5, 0.6) is 11.5 Å². The van der Waals surface area contributed by atoms with Gasteiger partial charge in [0, 0.05) is 11.1 Å². The van der Waals surface area contributed by atoms with Crippen molar-refractivity contribution in [3.8, 4) is 11.5 Å². The van der Waals surface area contributed by atoms with Crippen LogP contribution in [-0.4, -0.2) is 29.8 Å². The van der Waals surface area contributed by atoms with Crippen LogP contribution in [0.1, 0.15) is 20.8 Å². The second-order valence-electron chi connectivity index (χ2n) is 7.30. The second kappa shape index (κ2) is 10.3. The molecule has 0 aliphatic heterocycles. The molecule has 1 amide bonds. The average molecular weight is 463 g/mol. The van der Waals surface area contributed by atoms with Gasteiger partial charge in [-0.15, -0.1) is 0 Å². The van der Waals surface area contributed by atoms with Crippen molar-refractivity contribution in [1.29, 1.82) is 0 Å². The molecule has 0 heterocycles. The highest BCUT2D eigenvalue weighted by molar-refractivity contribution is 6.41. The summed E-state index contributed by atoms with van der Waals surface area (Å²) in [6.45, 7) is 5.65. The van der Waals surface area contributed by atoms with Gasteiger partial charge in [0.25, 0.3) is 0 Å². The van der Waals surface area contributed by atoms with Gasteiger partial charge in [0.05, 0.1) is 0 Å². The van der Waals surface area contributed by atoms with E-state index in [0.717, 1.165) is 17.2 Å². The van der Waals surface area contributed by atoms with Crippen LogP contribution >= 0.6 is 0 Å². The molecule has 2 rings (SSSR count). The highest BCUT2D eigenvalue weighted by Crippen LogP contribution is 2.25. The summed E-state index contributed by atoms with van der Waals surface area (Å²) in [4.78, 5) is 31.1. The van der Waals surface area contributed by atoms with Crippen LogP contribution in [0.2, 0.25) is 0 Å². The summed E-state index contributed by atoms with van der Waals surface area (Å²) in [6, 6.07) is 16.9. The van der Waals surface area contributed by atoms with Crippen LogP contribution < -0.4 is 10.1 Å². The highest BCUT2D eigenvalue weighted by Gasteiger charge is 2.54. The lowest BCUT2D eigenvalue weighted by Gasteiger charge is -2.17. The van der Waals surface area contributed by atoms with Crippen molar-refractivity contribution >= 4 is 23.2 Å². The monoisotopic (exact) mass is 463 g/mol. The van der Waals surface area contributed by atoms with E-state index in [4.69, 9.17) is 4.74 Å². The number of hydrogen-bond acceptors (Lipinski definition) is 4. The first-order valence-electron chi connectivity index (χ1n) is 8.89. The number of amides is 1. The molecule has 0 saturated heterocycles. The molecule has 0 aliphatic carbocycles. The van der Waals surface area contributed by atoms with E-state index in [9.17, 15) is 40.7 Å². The lowest BCUT2D eigenvalue weighted by molar-refractivity contribution is -0.193. The minimum Gasteiger partial charge on any atom is -0.457 e. The molecule has 0 atom stereocenters. The zero-order chi connectivity index (χ0) is 24.7. The molecule has 32 heavy (non-hydrogen) atoms. The molecule has 174 valence electrons. The van der Waals surface area contributed by atoms with E-state index in [-0.39, 0.29) is 5.91 Å². The Kier molecular flexibility index (Phi) is 8.58. The normalized spacial score (nSPS) is 11.7. The van der Waals surface area contributed by atoms with Crippen molar-refractivity contribution in [1.82, 2.24) is 0 Å². The first kappa shape index (κ1) is 26.7. The maximum Gasteiger partial charge on any atom is 0.458 e. The molecule has 5 nitrogen and oxygen atoms in total. The number of rotatable bonds is 4. The van der Waals surface area contributed by atoms with E-state index in [1.54, 1.807) is 0 Å². The number of ketones is 2. The van der Waals surface area contributed by atoms with E-state index >= 15 is 0 Å². The predicted molar refractivity (Wildman–Crippen MR) is 103 cm³/mol. The number of carbonyl (C=O) groups is 3. The molecule has 0 aliphatic rings. The number of alkyl halides is 6. The summed E-state index contributed by atoms with van der Waals surface area (Å²) in [5, 5.41) is 2.88. The maximum atomic E-state index is 11.9. The number of anilines is 1. The van der Waals surface area contributed by atoms with Crippen molar-refractivity contribution in [2.45, 2.75) is 33.1 Å². The van der Waals surface area contributed by atoms with Crippen LogP contribution in [0.3, 0.4) is 0 Å². The maximum absolute atomic E-state index is 11.9. The van der Waals surface area contributed by atoms with E-state index in [1.165, 1.54) is 0 Å². The molecular weight excluding hydrogens is 444 g/mol. The summed E-state index contributed by atoms with van der Waals surface area (Å²) in [5.41, 5.74) is 0.365. The molecule has 2 aromatic carbocycles. The molecule has 0 bridgehead atoms. The molecule has 0 aromatic heterocycles. The van der Waals surface area contributed by atoms with Crippen LogP contribution in [0, 0.1) is 5.41 Å². The lowest BCUT2D eigenvalue weighted by Crippen LogP contribution is -2.39. The second-order valence-corrected chi connectivity index (χ2v) is 7.30. The van der Waals surface area contributed by atoms with Crippen LogP contribution in [0.25, 0.3) is 0 Å². The predicted octanol–water partition coefficient (Wildman–Crippen LogP) is 5.71. The molecule has 0 spiro atoms. The number of Topliss-reactive ketones (excluding diaryl/α,β-unsaturated/α-hetero) is 2. The van der Waals surface area contributed by atoms with Crippen LogP contribution in [0.4, 0.5) is 32.0 Å². The third-order valence-electron chi connectivity index (χ3n) is 3.49. The summed E-state index contributed by atoms with van der Waals surface area (Å²) in [6.07, 6.45) is -11.5. The Morgan fingerprint density at radius 2 is 1.09 bits per heavy atom. The van der Waals surface area contributed by atoms with Crippen molar-refractivity contribution in [3.63, 3.8) is 0 Å². The standard InChI is InChI=1S/C17H19NO2.C4F6O2/c1-17(2,3)16(19)18-13-9-11-15(12-10-13)20-14-7-5-4-6-8-14;5-3(6,7)1(11)2(12)4(8,9)10/h4-12H,1-3H3,(H,18,19);. The van der Waals surface area contributed by atoms with E-state index in [2.05, 4.69) is 5.32 Å². The highest BCUT2D eigenvalue weighted by atomic mass is 19.4. The molecule has 1 N–H and O–H groups in total. The Morgan fingerprint density at radius 1 is 0.688 bits per heavy atom. The summed E-state index contributed by atoms with van der Waals surface area (Å²) >= 11 is 0. The molecule has 0 unspecified atom stereocenters. The third-order valence-corrected chi connectivity index (χ3v) is 3.49. The largest absolute Gasteiger partial charge is 0.458 e. The van der Waals surface area contributed by atoms with Crippen molar-refractivity contribution < 1.29 is 45.5 Å². The number of carbonyl (C=O) groups excluding carboxylic acids is 3. The number of para-hydroxylation sites is 1. The van der Waals surface area contributed by atoms with E-state index < -0.39 is 29.3 Å². The summed E-state index contributed by atoms with van der Waals surface area (Å²) in [7, 11) is 0. The fourth-order valence-corrected chi connectivity index (χ4v) is 1.81. The fourth-order valence-electron chi connectivity index (χ4n) is 1.81. The van der Waals surface area contributed by atoms with Crippen LogP contribution in [0.15, 0.2) is 54.6 Å². The van der Waals surface area contributed by atoms with Gasteiger partial charge in [-0.2, -0.15) is 26.3 Å². The number of nitrogens with one attached hydrogen (secondary N) is 1. The Bertz CT molecular complexity index is 906. The van der Waals surface area contributed by atoms with Crippen LogP contribution in [-0.2, 0) is 14.4 Å². The molecule has 0 saturated carbocycles. The molecular formula is C21H19F6NO4. The lowest BCUT2D eigenvalue weighted by atomic mass is 9.95. The first-order valence-corrected chi connectivity index (χ1v) is 8.89. The van der Waals surface area contributed by atoms with Gasteiger partial charge in [-0.3, -0.25) is 14.4 Å². The molecule has 11 heteroatoms. The Morgan fingerprint density at radius 3 is 1.47 bits per heavy atom. The minimum atomic E-state index is -5.77. The van der Waals surface area contributed by atoms with Gasteiger partial charge in [-0.05, 0) is 36.4 Å². The zero-order valence-corrected chi connectivity index (χ0v) is 17.1. The number of hydrogen-bond donors (Lipinski definition) is 1. The molecule has 2 aromatic rings. The minimum absolute atomic E-state index is 0.00534. The Balaban J connectivity index is 0.000000368. The van der Waals surface area contributed by atoms with E-state index in [0.29, 0.717) is 0 Å². The first-order chi connectivity index (χ1) is 14.5. The van der Waals surface area contributed by atoms with Gasteiger partial charge in [0.2, 0.25) is 5.91 Å². The van der Waals surface area contributed by atoms with Gasteiger partial charge in [-0.25, -0.2) is 0 Å². The SMILES string of the molecule is CC(C)(C)C(=O)Nc1ccc(Oc2ccccc2)cc1.O=C(C(=O)C(F)(F)F)C(F)(F)F. The number of benzene rings is 2. The summed E-state index contributed by atoms with van der Waals surface area (Å²) in [5.74, 6) is -5.29. The van der Waals surface area contributed by atoms with Gasteiger partial charge < -0.3 is 10.1 Å². The van der Waals surface area contributed by atoms with Crippen molar-refractivity contribution in [3.05, 3.63) is 54.6 Å². The number of halogens is 6. The molecule has 0 fully saturated rings. The van der Waals surface area contributed by atoms with Crippen molar-refractivity contribution in [2.24, 2.45) is 5.41 Å². The van der Waals surface area contributed by atoms with Gasteiger partial charge in [-0.1, -0.05) is 39.0 Å². The smallest absolute Gasteiger partial charge is 0.457 e. The zero-order valence-electron chi connectivity index (χ0n) is 17.1. The van der Waals surface area contributed by atoms with Crippen molar-refractivity contribution in [2.75, 3.05) is 5.32 Å². The molecule has 0 radical (unpaired) electrons. The van der Waals surface area contributed by atoms with Gasteiger partial charge >= 0.3 is 23.9 Å². The third kappa shape index (κ3) is 8.78. The summed E-state index contributed by atoms with van der Waals surface area (Å²) < 4.78 is 72.7.